The number of nitrogens with zero attached hydrogens (tertiary/aromatic N) is 1. The summed E-state index contributed by atoms with van der Waals surface area (Å²) in [6.45, 7) is 2.71. The molecule has 1 aromatic carbocycles. The van der Waals surface area contributed by atoms with E-state index in [4.69, 9.17) is 11.6 Å². The second-order valence-electron chi connectivity index (χ2n) is 4.02. The van der Waals surface area contributed by atoms with Crippen LogP contribution < -0.4 is 10.6 Å². The summed E-state index contributed by atoms with van der Waals surface area (Å²) >= 11 is 9.38. The van der Waals surface area contributed by atoms with Crippen LogP contribution in [0.3, 0.4) is 0 Å². The second kappa shape index (κ2) is 6.72. The van der Waals surface area contributed by atoms with E-state index in [0.717, 1.165) is 11.0 Å². The molecule has 0 radical (unpaired) electrons. The van der Waals surface area contributed by atoms with Gasteiger partial charge in [0, 0.05) is 11.0 Å². The fourth-order valence-electron chi connectivity index (χ4n) is 1.62. The first kappa shape index (κ1) is 14.8. The average molecular weight is 355 g/mol. The molecule has 0 saturated heterocycles. The third-order valence-corrected chi connectivity index (χ3v) is 3.34. The predicted molar refractivity (Wildman–Crippen MR) is 85.5 cm³/mol. The smallest absolute Gasteiger partial charge is 0.274 e. The van der Waals surface area contributed by atoms with Crippen LogP contribution in [0.4, 0.5) is 11.5 Å². The highest BCUT2D eigenvalue weighted by atomic mass is 79.9. The van der Waals surface area contributed by atoms with E-state index in [1.807, 2.05) is 19.1 Å². The van der Waals surface area contributed by atoms with Crippen LogP contribution in [-0.4, -0.2) is 17.4 Å². The van der Waals surface area contributed by atoms with Crippen LogP contribution in [-0.2, 0) is 0 Å². The van der Waals surface area contributed by atoms with Gasteiger partial charge in [0.15, 0.2) is 0 Å². The van der Waals surface area contributed by atoms with Crippen molar-refractivity contribution in [3.8, 4) is 0 Å². The lowest BCUT2D eigenvalue weighted by atomic mass is 10.3. The van der Waals surface area contributed by atoms with Crippen molar-refractivity contribution in [1.82, 2.24) is 4.98 Å². The number of anilines is 2. The summed E-state index contributed by atoms with van der Waals surface area (Å²) in [6, 6.07) is 10.5. The van der Waals surface area contributed by atoms with E-state index in [2.05, 4.69) is 31.5 Å². The number of halogens is 2. The summed E-state index contributed by atoms with van der Waals surface area (Å²) < 4.78 is 0.839. The predicted octanol–water partition coefficient (Wildman–Crippen LogP) is 4.18. The van der Waals surface area contributed by atoms with Crippen LogP contribution in [0.15, 0.2) is 40.9 Å². The topological polar surface area (TPSA) is 54.0 Å². The maximum Gasteiger partial charge on any atom is 0.274 e. The summed E-state index contributed by atoms with van der Waals surface area (Å²) in [4.78, 5) is 16.4. The molecular weight excluding hydrogens is 342 g/mol. The van der Waals surface area contributed by atoms with Gasteiger partial charge in [0.1, 0.15) is 11.5 Å². The number of amides is 1. The molecule has 0 aliphatic rings. The number of nitrogens with one attached hydrogen (secondary N) is 2. The lowest BCUT2D eigenvalue weighted by Crippen LogP contribution is -2.15. The number of pyridine rings is 1. The minimum atomic E-state index is -0.301. The van der Waals surface area contributed by atoms with Crippen LogP contribution in [0.5, 0.6) is 0 Å². The molecule has 1 aromatic heterocycles. The van der Waals surface area contributed by atoms with E-state index < -0.39 is 0 Å². The Labute approximate surface area is 130 Å². The number of benzene rings is 1. The molecule has 104 valence electrons. The van der Waals surface area contributed by atoms with Gasteiger partial charge in [-0.3, -0.25) is 4.79 Å². The van der Waals surface area contributed by atoms with Crippen LogP contribution >= 0.6 is 27.5 Å². The number of hydrogen-bond donors (Lipinski definition) is 2. The van der Waals surface area contributed by atoms with Crippen molar-refractivity contribution in [3.05, 3.63) is 51.6 Å². The summed E-state index contributed by atoms with van der Waals surface area (Å²) in [7, 11) is 0. The summed E-state index contributed by atoms with van der Waals surface area (Å²) in [5.41, 5.74) is 0.876. The highest BCUT2D eigenvalue weighted by molar-refractivity contribution is 9.10. The molecule has 0 aliphatic carbocycles. The molecule has 2 rings (SSSR count). The zero-order valence-electron chi connectivity index (χ0n) is 10.8. The van der Waals surface area contributed by atoms with Crippen molar-refractivity contribution in [2.75, 3.05) is 17.2 Å². The standard InChI is InChI=1S/C14H13BrClN3O/c1-2-17-13-5-3-4-11(18-13)14(20)19-12-8-9(15)6-7-10(12)16/h3-8H,2H2,1H3,(H,17,18)(H,19,20). The van der Waals surface area contributed by atoms with Crippen LogP contribution in [0.1, 0.15) is 17.4 Å². The molecule has 20 heavy (non-hydrogen) atoms. The van der Waals surface area contributed by atoms with Crippen molar-refractivity contribution in [1.29, 1.82) is 0 Å². The lowest BCUT2D eigenvalue weighted by Gasteiger charge is -2.08. The quantitative estimate of drug-likeness (QED) is 0.866. The monoisotopic (exact) mass is 353 g/mol. The number of aromatic nitrogens is 1. The number of hydrogen-bond acceptors (Lipinski definition) is 3. The van der Waals surface area contributed by atoms with Gasteiger partial charge in [-0.25, -0.2) is 4.98 Å². The van der Waals surface area contributed by atoms with Gasteiger partial charge in [-0.05, 0) is 37.3 Å². The van der Waals surface area contributed by atoms with E-state index >= 15 is 0 Å². The van der Waals surface area contributed by atoms with Crippen molar-refractivity contribution < 1.29 is 4.79 Å². The zero-order valence-corrected chi connectivity index (χ0v) is 13.1. The van der Waals surface area contributed by atoms with Gasteiger partial charge in [-0.1, -0.05) is 33.6 Å². The minimum Gasteiger partial charge on any atom is -0.370 e. The molecule has 6 heteroatoms. The molecule has 1 heterocycles. The Morgan fingerprint density at radius 2 is 2.15 bits per heavy atom. The SMILES string of the molecule is CCNc1cccc(C(=O)Nc2cc(Br)ccc2Cl)n1. The van der Waals surface area contributed by atoms with E-state index in [0.29, 0.717) is 22.2 Å². The second-order valence-corrected chi connectivity index (χ2v) is 5.34. The van der Waals surface area contributed by atoms with E-state index in [-0.39, 0.29) is 5.91 Å². The Kier molecular flexibility index (Phi) is 4.98. The first-order valence-electron chi connectivity index (χ1n) is 6.07. The van der Waals surface area contributed by atoms with Gasteiger partial charge in [0.2, 0.25) is 0 Å². The molecule has 1 amide bonds. The van der Waals surface area contributed by atoms with Crippen molar-refractivity contribution in [2.45, 2.75) is 6.92 Å². The van der Waals surface area contributed by atoms with Crippen molar-refractivity contribution >= 4 is 44.9 Å². The molecule has 4 nitrogen and oxygen atoms in total. The highest BCUT2D eigenvalue weighted by Crippen LogP contribution is 2.26. The van der Waals surface area contributed by atoms with Crippen molar-refractivity contribution in [3.63, 3.8) is 0 Å². The fourth-order valence-corrected chi connectivity index (χ4v) is 2.15. The number of rotatable bonds is 4. The molecular formula is C14H13BrClN3O. The van der Waals surface area contributed by atoms with Gasteiger partial charge in [-0.2, -0.15) is 0 Å². The van der Waals surface area contributed by atoms with Gasteiger partial charge >= 0.3 is 0 Å². The highest BCUT2D eigenvalue weighted by Gasteiger charge is 2.10. The number of carbonyl (C=O) groups is 1. The molecule has 2 aromatic rings. The van der Waals surface area contributed by atoms with Gasteiger partial charge in [0.25, 0.3) is 5.91 Å². The Hall–Kier alpha value is -1.59. The Morgan fingerprint density at radius 1 is 1.35 bits per heavy atom. The molecule has 0 aliphatic heterocycles. The lowest BCUT2D eigenvalue weighted by molar-refractivity contribution is 0.102. The number of carbonyl (C=O) groups excluding carboxylic acids is 1. The summed E-state index contributed by atoms with van der Waals surface area (Å²) in [6.07, 6.45) is 0. The molecule has 0 saturated carbocycles. The molecule has 0 fully saturated rings. The third-order valence-electron chi connectivity index (χ3n) is 2.52. The summed E-state index contributed by atoms with van der Waals surface area (Å²) in [5.74, 6) is 0.366. The average Bonchev–Trinajstić information content (AvgIpc) is 2.43. The normalized spacial score (nSPS) is 10.2. The van der Waals surface area contributed by atoms with Crippen LogP contribution in [0, 0.1) is 0 Å². The molecule has 0 spiro atoms. The van der Waals surface area contributed by atoms with E-state index in [1.165, 1.54) is 0 Å². The Morgan fingerprint density at radius 3 is 2.90 bits per heavy atom. The Bertz CT molecular complexity index is 634. The van der Waals surface area contributed by atoms with Gasteiger partial charge in [0.05, 0.1) is 10.7 Å². The van der Waals surface area contributed by atoms with Gasteiger partial charge < -0.3 is 10.6 Å². The molecule has 2 N–H and O–H groups in total. The van der Waals surface area contributed by atoms with Crippen LogP contribution in [0.2, 0.25) is 5.02 Å². The summed E-state index contributed by atoms with van der Waals surface area (Å²) in [5, 5.41) is 6.28. The van der Waals surface area contributed by atoms with Crippen molar-refractivity contribution in [2.24, 2.45) is 0 Å². The van der Waals surface area contributed by atoms with E-state index in [9.17, 15) is 4.79 Å². The minimum absolute atomic E-state index is 0.301. The first-order valence-corrected chi connectivity index (χ1v) is 7.24. The molecule has 0 bridgehead atoms. The van der Waals surface area contributed by atoms with Crippen LogP contribution in [0.25, 0.3) is 0 Å². The zero-order chi connectivity index (χ0) is 14.5. The third kappa shape index (κ3) is 3.71. The first-order chi connectivity index (χ1) is 9.60. The largest absolute Gasteiger partial charge is 0.370 e. The van der Waals surface area contributed by atoms with Gasteiger partial charge in [-0.15, -0.1) is 0 Å². The maximum absolute atomic E-state index is 12.2. The fraction of sp³-hybridized carbons (Fsp3) is 0.143. The molecule has 0 atom stereocenters. The molecule has 0 unspecified atom stereocenters. The van der Waals surface area contributed by atoms with E-state index in [1.54, 1.807) is 24.3 Å². The maximum atomic E-state index is 12.2. The Balaban J connectivity index is 2.19.